The summed E-state index contributed by atoms with van der Waals surface area (Å²) in [6, 6.07) is 16.9. The van der Waals surface area contributed by atoms with E-state index < -0.39 is 0 Å². The second-order valence-corrected chi connectivity index (χ2v) is 5.92. The number of carbonyl (C=O) groups excluding carboxylic acids is 1. The van der Waals surface area contributed by atoms with Crippen molar-refractivity contribution in [3.63, 3.8) is 0 Å². The van der Waals surface area contributed by atoms with Crippen LogP contribution >= 0.6 is 0 Å². The first-order valence-electron chi connectivity index (χ1n) is 8.47. The van der Waals surface area contributed by atoms with Crippen molar-refractivity contribution in [2.75, 3.05) is 38.0 Å². The van der Waals surface area contributed by atoms with E-state index in [9.17, 15) is 4.79 Å². The number of urea groups is 1. The molecule has 0 aromatic heterocycles. The first kappa shape index (κ1) is 17.0. The van der Waals surface area contributed by atoms with Gasteiger partial charge < -0.3 is 15.0 Å². The smallest absolute Gasteiger partial charge is 0.322 e. The zero-order valence-corrected chi connectivity index (χ0v) is 14.2. The first-order chi connectivity index (χ1) is 12.3. The van der Waals surface area contributed by atoms with Crippen molar-refractivity contribution in [2.45, 2.75) is 0 Å². The van der Waals surface area contributed by atoms with Crippen LogP contribution in [0.5, 0.6) is 11.5 Å². The lowest BCUT2D eigenvalue weighted by Crippen LogP contribution is -2.49. The van der Waals surface area contributed by atoms with Gasteiger partial charge in [-0.2, -0.15) is 0 Å². The molecule has 1 saturated heterocycles. The van der Waals surface area contributed by atoms with Crippen LogP contribution in [-0.2, 0) is 0 Å². The molecule has 1 heterocycles. The topological polar surface area (TPSA) is 44.8 Å². The molecule has 1 fully saturated rings. The maximum atomic E-state index is 12.6. The summed E-state index contributed by atoms with van der Waals surface area (Å²) in [6.07, 6.45) is 1.90. The van der Waals surface area contributed by atoms with Gasteiger partial charge in [0, 0.05) is 32.7 Å². The monoisotopic (exact) mass is 337 g/mol. The van der Waals surface area contributed by atoms with E-state index in [0.29, 0.717) is 24.5 Å². The van der Waals surface area contributed by atoms with Gasteiger partial charge in [-0.15, -0.1) is 6.58 Å². The second kappa shape index (κ2) is 8.35. The fourth-order valence-corrected chi connectivity index (χ4v) is 2.78. The molecule has 0 atom stereocenters. The highest BCUT2D eigenvalue weighted by molar-refractivity contribution is 5.91. The van der Waals surface area contributed by atoms with Crippen LogP contribution in [0.25, 0.3) is 0 Å². The molecule has 1 aliphatic rings. The molecule has 3 rings (SSSR count). The molecule has 2 aromatic rings. The van der Waals surface area contributed by atoms with E-state index >= 15 is 0 Å². The Hall–Kier alpha value is -2.79. The Morgan fingerprint density at radius 1 is 1.04 bits per heavy atom. The summed E-state index contributed by atoms with van der Waals surface area (Å²) in [5, 5.41) is 2.97. The Morgan fingerprint density at radius 2 is 1.72 bits per heavy atom. The average Bonchev–Trinajstić information content (AvgIpc) is 2.65. The van der Waals surface area contributed by atoms with Gasteiger partial charge in [-0.05, 0) is 24.3 Å². The highest BCUT2D eigenvalue weighted by Gasteiger charge is 2.21. The fourth-order valence-electron chi connectivity index (χ4n) is 2.78. The zero-order chi connectivity index (χ0) is 17.5. The molecule has 130 valence electrons. The van der Waals surface area contributed by atoms with Crippen LogP contribution < -0.4 is 10.1 Å². The molecule has 0 saturated carbocycles. The summed E-state index contributed by atoms with van der Waals surface area (Å²) in [5.41, 5.74) is 0.671. The molecule has 2 amide bonds. The Bertz CT molecular complexity index is 710. The molecule has 0 bridgehead atoms. The van der Waals surface area contributed by atoms with E-state index in [2.05, 4.69) is 16.8 Å². The summed E-state index contributed by atoms with van der Waals surface area (Å²) in [6.45, 7) is 7.77. The zero-order valence-electron chi connectivity index (χ0n) is 14.2. The molecule has 0 aliphatic carbocycles. The average molecular weight is 337 g/mol. The Balaban J connectivity index is 1.63. The fraction of sp³-hybridized carbons (Fsp3) is 0.250. The third kappa shape index (κ3) is 4.61. The standard InChI is InChI=1S/C20H23N3O2/c1-2-12-22-13-15-23(16-14-22)20(24)21-18-10-6-7-11-19(18)25-17-8-4-3-5-9-17/h2-11H,1,12-16H2,(H,21,24). The lowest BCUT2D eigenvalue weighted by molar-refractivity contribution is 0.155. The van der Waals surface area contributed by atoms with Crippen molar-refractivity contribution in [3.05, 3.63) is 67.3 Å². The van der Waals surface area contributed by atoms with E-state index in [1.165, 1.54) is 0 Å². The SMILES string of the molecule is C=CCN1CCN(C(=O)Nc2ccccc2Oc2ccccc2)CC1. The summed E-state index contributed by atoms with van der Waals surface area (Å²) in [7, 11) is 0. The van der Waals surface area contributed by atoms with Gasteiger partial charge in [0.1, 0.15) is 5.75 Å². The minimum Gasteiger partial charge on any atom is -0.455 e. The summed E-state index contributed by atoms with van der Waals surface area (Å²) >= 11 is 0. The van der Waals surface area contributed by atoms with E-state index in [1.807, 2.05) is 65.6 Å². The second-order valence-electron chi connectivity index (χ2n) is 5.92. The van der Waals surface area contributed by atoms with Crippen LogP contribution in [0.3, 0.4) is 0 Å². The largest absolute Gasteiger partial charge is 0.455 e. The van der Waals surface area contributed by atoms with Gasteiger partial charge in [-0.25, -0.2) is 4.79 Å². The molecule has 2 aromatic carbocycles. The number of carbonyl (C=O) groups is 1. The lowest BCUT2D eigenvalue weighted by atomic mass is 10.2. The Kier molecular flexibility index (Phi) is 5.69. The van der Waals surface area contributed by atoms with Crippen LogP contribution in [0.1, 0.15) is 0 Å². The Labute approximate surface area is 148 Å². The summed E-state index contributed by atoms with van der Waals surface area (Å²) in [4.78, 5) is 16.7. The number of amides is 2. The molecule has 5 heteroatoms. The van der Waals surface area contributed by atoms with E-state index in [4.69, 9.17) is 4.74 Å². The number of hydrogen-bond donors (Lipinski definition) is 1. The van der Waals surface area contributed by atoms with Gasteiger partial charge in [-0.1, -0.05) is 36.4 Å². The number of anilines is 1. The number of hydrogen-bond acceptors (Lipinski definition) is 3. The highest BCUT2D eigenvalue weighted by atomic mass is 16.5. The number of piperazine rings is 1. The van der Waals surface area contributed by atoms with Gasteiger partial charge >= 0.3 is 6.03 Å². The molecule has 0 spiro atoms. The van der Waals surface area contributed by atoms with Crippen LogP contribution in [0.4, 0.5) is 10.5 Å². The minimum absolute atomic E-state index is 0.0950. The van der Waals surface area contributed by atoms with Gasteiger partial charge in [0.05, 0.1) is 5.69 Å². The maximum Gasteiger partial charge on any atom is 0.322 e. The van der Waals surface area contributed by atoms with Crippen LogP contribution in [0, 0.1) is 0 Å². The summed E-state index contributed by atoms with van der Waals surface area (Å²) < 4.78 is 5.89. The normalized spacial score (nSPS) is 14.8. The first-order valence-corrected chi connectivity index (χ1v) is 8.47. The number of ether oxygens (including phenoxy) is 1. The maximum absolute atomic E-state index is 12.6. The Morgan fingerprint density at radius 3 is 2.44 bits per heavy atom. The van der Waals surface area contributed by atoms with Crippen LogP contribution in [-0.4, -0.2) is 48.6 Å². The molecule has 1 N–H and O–H groups in total. The molecule has 25 heavy (non-hydrogen) atoms. The summed E-state index contributed by atoms with van der Waals surface area (Å²) in [5.74, 6) is 1.37. The van der Waals surface area contributed by atoms with Crippen molar-refractivity contribution < 1.29 is 9.53 Å². The molecular weight excluding hydrogens is 314 g/mol. The van der Waals surface area contributed by atoms with Crippen molar-refractivity contribution in [3.8, 4) is 11.5 Å². The highest BCUT2D eigenvalue weighted by Crippen LogP contribution is 2.29. The third-order valence-corrected chi connectivity index (χ3v) is 4.15. The predicted molar refractivity (Wildman–Crippen MR) is 100 cm³/mol. The third-order valence-electron chi connectivity index (χ3n) is 4.15. The van der Waals surface area contributed by atoms with Crippen LogP contribution in [0.15, 0.2) is 67.3 Å². The van der Waals surface area contributed by atoms with Crippen molar-refractivity contribution in [1.82, 2.24) is 9.80 Å². The molecule has 5 nitrogen and oxygen atoms in total. The number of rotatable bonds is 5. The van der Waals surface area contributed by atoms with Gasteiger partial charge in [0.15, 0.2) is 5.75 Å². The van der Waals surface area contributed by atoms with E-state index in [-0.39, 0.29) is 6.03 Å². The van der Waals surface area contributed by atoms with Crippen molar-refractivity contribution in [2.24, 2.45) is 0 Å². The minimum atomic E-state index is -0.0950. The van der Waals surface area contributed by atoms with Gasteiger partial charge in [0.25, 0.3) is 0 Å². The molecule has 0 unspecified atom stereocenters. The predicted octanol–water partition coefficient (Wildman–Crippen LogP) is 3.81. The van der Waals surface area contributed by atoms with E-state index in [1.54, 1.807) is 0 Å². The molecule has 1 aliphatic heterocycles. The number of nitrogens with one attached hydrogen (secondary N) is 1. The quantitative estimate of drug-likeness (QED) is 0.844. The molecular formula is C20H23N3O2. The lowest BCUT2D eigenvalue weighted by Gasteiger charge is -2.34. The van der Waals surface area contributed by atoms with Crippen LogP contribution in [0.2, 0.25) is 0 Å². The van der Waals surface area contributed by atoms with E-state index in [0.717, 1.165) is 25.4 Å². The number of benzene rings is 2. The number of para-hydroxylation sites is 3. The number of nitrogens with zero attached hydrogens (tertiary/aromatic N) is 2. The molecule has 0 radical (unpaired) electrons. The van der Waals surface area contributed by atoms with Crippen molar-refractivity contribution in [1.29, 1.82) is 0 Å². The van der Waals surface area contributed by atoms with Crippen molar-refractivity contribution >= 4 is 11.7 Å². The van der Waals surface area contributed by atoms with Gasteiger partial charge in [-0.3, -0.25) is 4.90 Å². The van der Waals surface area contributed by atoms with Gasteiger partial charge in [0.2, 0.25) is 0 Å².